The molecular formula is C12H17FO. The van der Waals surface area contributed by atoms with Gasteiger partial charge in [-0.3, -0.25) is 0 Å². The summed E-state index contributed by atoms with van der Waals surface area (Å²) in [5, 5.41) is 9.04. The summed E-state index contributed by atoms with van der Waals surface area (Å²) in [5.74, 6) is 0.130. The van der Waals surface area contributed by atoms with Crippen molar-refractivity contribution in [2.75, 3.05) is 6.61 Å². The Labute approximate surface area is 84.6 Å². The topological polar surface area (TPSA) is 20.2 Å². The molecule has 0 aliphatic heterocycles. The second-order valence-corrected chi connectivity index (χ2v) is 3.74. The molecule has 0 heterocycles. The Hall–Kier alpha value is -0.890. The SMILES string of the molecule is CCC(CO)Cc1ccc(F)c(C)c1. The molecule has 1 unspecified atom stereocenters. The number of rotatable bonds is 4. The third-order valence-electron chi connectivity index (χ3n) is 2.58. The first-order valence-electron chi connectivity index (χ1n) is 5.03. The summed E-state index contributed by atoms with van der Waals surface area (Å²) in [6, 6.07) is 5.14. The maximum absolute atomic E-state index is 13.0. The van der Waals surface area contributed by atoms with Gasteiger partial charge in [0.15, 0.2) is 0 Å². The molecular weight excluding hydrogens is 179 g/mol. The minimum absolute atomic E-state index is 0.161. The average Bonchev–Trinajstić information content (AvgIpc) is 2.19. The molecule has 1 rings (SSSR count). The maximum atomic E-state index is 13.0. The van der Waals surface area contributed by atoms with Gasteiger partial charge in [-0.15, -0.1) is 0 Å². The van der Waals surface area contributed by atoms with E-state index in [1.807, 2.05) is 6.07 Å². The molecule has 0 aliphatic carbocycles. The molecule has 2 heteroatoms. The van der Waals surface area contributed by atoms with Gasteiger partial charge in [0.1, 0.15) is 5.82 Å². The number of hydrogen-bond acceptors (Lipinski definition) is 1. The zero-order valence-electron chi connectivity index (χ0n) is 8.76. The van der Waals surface area contributed by atoms with Gasteiger partial charge >= 0.3 is 0 Å². The molecule has 1 aromatic carbocycles. The van der Waals surface area contributed by atoms with E-state index in [4.69, 9.17) is 5.11 Å². The van der Waals surface area contributed by atoms with E-state index in [1.165, 1.54) is 6.07 Å². The van der Waals surface area contributed by atoms with Crippen molar-refractivity contribution in [3.63, 3.8) is 0 Å². The highest BCUT2D eigenvalue weighted by atomic mass is 19.1. The Morgan fingerprint density at radius 3 is 2.64 bits per heavy atom. The van der Waals surface area contributed by atoms with Crippen molar-refractivity contribution in [1.29, 1.82) is 0 Å². The predicted molar refractivity (Wildman–Crippen MR) is 55.7 cm³/mol. The van der Waals surface area contributed by atoms with Crippen molar-refractivity contribution in [3.8, 4) is 0 Å². The molecule has 0 amide bonds. The number of aliphatic hydroxyl groups is 1. The van der Waals surface area contributed by atoms with E-state index in [-0.39, 0.29) is 12.4 Å². The highest BCUT2D eigenvalue weighted by molar-refractivity contribution is 5.24. The van der Waals surface area contributed by atoms with Crippen LogP contribution in [0.2, 0.25) is 0 Å². The first-order chi connectivity index (χ1) is 6.67. The van der Waals surface area contributed by atoms with Crippen LogP contribution < -0.4 is 0 Å². The summed E-state index contributed by atoms with van der Waals surface area (Å²) in [5.41, 5.74) is 1.78. The third-order valence-corrected chi connectivity index (χ3v) is 2.58. The number of aliphatic hydroxyl groups excluding tert-OH is 1. The van der Waals surface area contributed by atoms with E-state index >= 15 is 0 Å². The monoisotopic (exact) mass is 196 g/mol. The molecule has 1 N–H and O–H groups in total. The zero-order valence-corrected chi connectivity index (χ0v) is 8.76. The van der Waals surface area contributed by atoms with Crippen LogP contribution in [0, 0.1) is 18.7 Å². The van der Waals surface area contributed by atoms with E-state index in [0.717, 1.165) is 18.4 Å². The Morgan fingerprint density at radius 1 is 1.43 bits per heavy atom. The predicted octanol–water partition coefficient (Wildman–Crippen LogP) is 2.70. The molecule has 0 radical (unpaired) electrons. The molecule has 1 atom stereocenters. The van der Waals surface area contributed by atoms with Crippen LogP contribution >= 0.6 is 0 Å². The lowest BCUT2D eigenvalue weighted by atomic mass is 9.97. The van der Waals surface area contributed by atoms with E-state index < -0.39 is 0 Å². The van der Waals surface area contributed by atoms with Gasteiger partial charge in [-0.2, -0.15) is 0 Å². The van der Waals surface area contributed by atoms with E-state index in [1.54, 1.807) is 13.0 Å². The molecule has 0 aromatic heterocycles. The van der Waals surface area contributed by atoms with Gasteiger partial charge in [0.2, 0.25) is 0 Å². The summed E-state index contributed by atoms with van der Waals surface area (Å²) < 4.78 is 13.0. The first-order valence-corrected chi connectivity index (χ1v) is 5.03. The summed E-state index contributed by atoms with van der Waals surface area (Å²) in [6.45, 7) is 4.02. The molecule has 14 heavy (non-hydrogen) atoms. The number of aryl methyl sites for hydroxylation is 1. The standard InChI is InChI=1S/C12H17FO/c1-3-10(8-14)7-11-4-5-12(13)9(2)6-11/h4-6,10,14H,3,7-8H2,1-2H3. The summed E-state index contributed by atoms with van der Waals surface area (Å²) in [7, 11) is 0. The van der Waals surface area contributed by atoms with Gasteiger partial charge in [-0.05, 0) is 36.5 Å². The van der Waals surface area contributed by atoms with Crippen LogP contribution in [0.5, 0.6) is 0 Å². The highest BCUT2D eigenvalue weighted by Crippen LogP contribution is 2.15. The first kappa shape index (κ1) is 11.2. The molecule has 0 bridgehead atoms. The lowest BCUT2D eigenvalue weighted by Gasteiger charge is -2.11. The fourth-order valence-electron chi connectivity index (χ4n) is 1.51. The summed E-state index contributed by atoms with van der Waals surface area (Å²) >= 11 is 0. The Balaban J connectivity index is 2.72. The van der Waals surface area contributed by atoms with Gasteiger partial charge in [0, 0.05) is 6.61 Å². The quantitative estimate of drug-likeness (QED) is 0.785. The van der Waals surface area contributed by atoms with Gasteiger partial charge in [0.25, 0.3) is 0 Å². The number of hydrogen-bond donors (Lipinski definition) is 1. The van der Waals surface area contributed by atoms with Crippen LogP contribution in [-0.4, -0.2) is 11.7 Å². The smallest absolute Gasteiger partial charge is 0.126 e. The van der Waals surface area contributed by atoms with Crippen molar-refractivity contribution in [2.24, 2.45) is 5.92 Å². The van der Waals surface area contributed by atoms with Gasteiger partial charge in [0.05, 0.1) is 0 Å². The van der Waals surface area contributed by atoms with Crippen LogP contribution in [0.3, 0.4) is 0 Å². The second kappa shape index (κ2) is 5.11. The van der Waals surface area contributed by atoms with Gasteiger partial charge in [-0.1, -0.05) is 25.5 Å². The fraction of sp³-hybridized carbons (Fsp3) is 0.500. The number of halogens is 1. The fourth-order valence-corrected chi connectivity index (χ4v) is 1.51. The average molecular weight is 196 g/mol. The van der Waals surface area contributed by atoms with Gasteiger partial charge < -0.3 is 5.11 Å². The number of benzene rings is 1. The van der Waals surface area contributed by atoms with Crippen molar-refractivity contribution in [3.05, 3.63) is 35.1 Å². The third kappa shape index (κ3) is 2.81. The van der Waals surface area contributed by atoms with Crippen molar-refractivity contribution < 1.29 is 9.50 Å². The van der Waals surface area contributed by atoms with E-state index in [0.29, 0.717) is 11.5 Å². The Morgan fingerprint density at radius 2 is 2.14 bits per heavy atom. The Bertz CT molecular complexity index is 292. The highest BCUT2D eigenvalue weighted by Gasteiger charge is 2.06. The molecule has 0 spiro atoms. The van der Waals surface area contributed by atoms with Crippen LogP contribution in [0.15, 0.2) is 18.2 Å². The van der Waals surface area contributed by atoms with Gasteiger partial charge in [-0.25, -0.2) is 4.39 Å². The van der Waals surface area contributed by atoms with E-state index in [2.05, 4.69) is 6.92 Å². The molecule has 0 fully saturated rings. The molecule has 1 nitrogen and oxygen atoms in total. The maximum Gasteiger partial charge on any atom is 0.126 e. The molecule has 78 valence electrons. The second-order valence-electron chi connectivity index (χ2n) is 3.74. The van der Waals surface area contributed by atoms with Crippen LogP contribution in [0.25, 0.3) is 0 Å². The largest absolute Gasteiger partial charge is 0.396 e. The summed E-state index contributed by atoms with van der Waals surface area (Å²) in [4.78, 5) is 0. The zero-order chi connectivity index (χ0) is 10.6. The lowest BCUT2D eigenvalue weighted by molar-refractivity contribution is 0.222. The minimum atomic E-state index is -0.161. The van der Waals surface area contributed by atoms with Crippen molar-refractivity contribution in [2.45, 2.75) is 26.7 Å². The van der Waals surface area contributed by atoms with Crippen molar-refractivity contribution in [1.82, 2.24) is 0 Å². The molecule has 0 aliphatic rings. The minimum Gasteiger partial charge on any atom is -0.396 e. The van der Waals surface area contributed by atoms with Crippen molar-refractivity contribution >= 4 is 0 Å². The molecule has 0 saturated heterocycles. The molecule has 0 saturated carbocycles. The lowest BCUT2D eigenvalue weighted by Crippen LogP contribution is -2.08. The van der Waals surface area contributed by atoms with Crippen LogP contribution in [0.1, 0.15) is 24.5 Å². The van der Waals surface area contributed by atoms with Crippen LogP contribution in [0.4, 0.5) is 4.39 Å². The summed E-state index contributed by atoms with van der Waals surface area (Å²) in [6.07, 6.45) is 1.78. The van der Waals surface area contributed by atoms with E-state index in [9.17, 15) is 4.39 Å². The molecule has 1 aromatic rings. The normalized spacial score (nSPS) is 12.9. The van der Waals surface area contributed by atoms with Crippen LogP contribution in [-0.2, 0) is 6.42 Å². The Kier molecular flexibility index (Phi) is 4.08.